The smallest absolute Gasteiger partial charge is 0.254 e. The van der Waals surface area contributed by atoms with Gasteiger partial charge in [-0.2, -0.15) is 0 Å². The number of nitrogens with zero attached hydrogens (tertiary/aromatic N) is 2. The topological polar surface area (TPSA) is 81.7 Å². The summed E-state index contributed by atoms with van der Waals surface area (Å²) in [5, 5.41) is 6.39. The Hall–Kier alpha value is -4.11. The molecule has 3 rings (SSSR count). The van der Waals surface area contributed by atoms with E-state index in [1.807, 2.05) is 12.1 Å². The summed E-state index contributed by atoms with van der Waals surface area (Å²) in [6, 6.07) is 16.0. The number of hydrogen-bond acceptors (Lipinski definition) is 4. The average Bonchev–Trinajstić information content (AvgIpc) is 2.93. The summed E-state index contributed by atoms with van der Waals surface area (Å²) < 4.78 is 27.8. The van der Waals surface area contributed by atoms with Crippen molar-refractivity contribution in [2.24, 2.45) is 0 Å². The van der Waals surface area contributed by atoms with Crippen molar-refractivity contribution in [2.45, 2.75) is 45.7 Å². The molecule has 0 unspecified atom stereocenters. The second-order valence-electron chi connectivity index (χ2n) is 10.8. The van der Waals surface area contributed by atoms with Crippen LogP contribution in [0.4, 0.5) is 8.78 Å². The highest BCUT2D eigenvalue weighted by molar-refractivity contribution is 6.01. The summed E-state index contributed by atoms with van der Waals surface area (Å²) in [7, 11) is 4.76. The van der Waals surface area contributed by atoms with E-state index >= 15 is 0 Å². The van der Waals surface area contributed by atoms with Crippen LogP contribution in [0.3, 0.4) is 0 Å². The van der Waals surface area contributed by atoms with Gasteiger partial charge < -0.3 is 20.4 Å². The van der Waals surface area contributed by atoms with E-state index in [1.165, 1.54) is 40.6 Å². The summed E-state index contributed by atoms with van der Waals surface area (Å²) in [4.78, 5) is 41.2. The Morgan fingerprint density at radius 2 is 1.52 bits per heavy atom. The lowest BCUT2D eigenvalue weighted by molar-refractivity contribution is -0.129. The predicted molar refractivity (Wildman–Crippen MR) is 160 cm³/mol. The van der Waals surface area contributed by atoms with Crippen molar-refractivity contribution in [3.63, 3.8) is 0 Å². The second-order valence-corrected chi connectivity index (χ2v) is 10.8. The van der Waals surface area contributed by atoms with Crippen molar-refractivity contribution in [3.8, 4) is 0 Å². The maximum atomic E-state index is 13.9. The van der Waals surface area contributed by atoms with Gasteiger partial charge in [-0.3, -0.25) is 14.4 Å². The monoisotopic (exact) mass is 578 g/mol. The SMILES string of the molecule is CCc1cccc(CNCC[C@H](Cc2cc(F)cc(F)c2)NC(=O)c2cc(C)cc(C(=O)N(C)CC(=O)N(C)C)c2)c1. The fraction of sp³-hybridized carbons (Fsp3) is 0.364. The molecular weight excluding hydrogens is 538 g/mol. The lowest BCUT2D eigenvalue weighted by Crippen LogP contribution is -2.39. The van der Waals surface area contributed by atoms with Crippen molar-refractivity contribution < 1.29 is 23.2 Å². The van der Waals surface area contributed by atoms with Crippen LogP contribution in [0.15, 0.2) is 60.7 Å². The number of rotatable bonds is 13. The quantitative estimate of drug-likeness (QED) is 0.293. The fourth-order valence-corrected chi connectivity index (χ4v) is 4.65. The molecule has 224 valence electrons. The molecule has 0 spiro atoms. The van der Waals surface area contributed by atoms with E-state index in [4.69, 9.17) is 0 Å². The van der Waals surface area contributed by atoms with E-state index in [1.54, 1.807) is 33.2 Å². The Kier molecular flexibility index (Phi) is 11.7. The first-order chi connectivity index (χ1) is 19.9. The molecule has 7 nitrogen and oxygen atoms in total. The molecular formula is C33H40F2N4O3. The number of carbonyl (C=O) groups is 3. The van der Waals surface area contributed by atoms with Crippen LogP contribution in [-0.2, 0) is 24.2 Å². The molecule has 0 radical (unpaired) electrons. The molecule has 0 saturated carbocycles. The molecule has 0 bridgehead atoms. The highest BCUT2D eigenvalue weighted by Gasteiger charge is 2.20. The van der Waals surface area contributed by atoms with Crippen molar-refractivity contribution in [3.05, 3.63) is 106 Å². The van der Waals surface area contributed by atoms with Crippen molar-refractivity contribution in [1.29, 1.82) is 0 Å². The van der Waals surface area contributed by atoms with E-state index in [-0.39, 0.29) is 35.9 Å². The van der Waals surface area contributed by atoms with Crippen LogP contribution in [0.5, 0.6) is 0 Å². The molecule has 0 aliphatic carbocycles. The number of benzene rings is 3. The molecule has 0 fully saturated rings. The standard InChI is InChI=1S/C33H40F2N4O3/c1-6-23-8-7-9-24(14-23)20-36-11-10-30(17-25-15-28(34)19-29(35)16-25)37-32(41)26-12-22(2)13-27(18-26)33(42)39(5)21-31(40)38(3)4/h7-9,12-16,18-19,30,36H,6,10-11,17,20-21H2,1-5H3,(H,37,41)/t30-/m1/s1. The number of amides is 3. The lowest BCUT2D eigenvalue weighted by Gasteiger charge is -2.21. The Morgan fingerprint density at radius 1 is 0.857 bits per heavy atom. The van der Waals surface area contributed by atoms with E-state index in [9.17, 15) is 23.2 Å². The van der Waals surface area contributed by atoms with E-state index in [0.29, 0.717) is 30.6 Å². The molecule has 0 aromatic heterocycles. The summed E-state index contributed by atoms with van der Waals surface area (Å²) in [6.45, 7) is 5.00. The Labute approximate surface area is 246 Å². The van der Waals surface area contributed by atoms with Gasteiger partial charge in [-0.25, -0.2) is 8.78 Å². The van der Waals surface area contributed by atoms with Crippen molar-refractivity contribution in [1.82, 2.24) is 20.4 Å². The molecule has 0 aliphatic heterocycles. The van der Waals surface area contributed by atoms with Crippen LogP contribution in [0.2, 0.25) is 0 Å². The van der Waals surface area contributed by atoms with E-state index in [2.05, 4.69) is 29.7 Å². The number of aryl methyl sites for hydroxylation is 2. The van der Waals surface area contributed by atoms with Crippen molar-refractivity contribution in [2.75, 3.05) is 34.2 Å². The number of halogens is 2. The third-order valence-corrected chi connectivity index (χ3v) is 6.94. The Balaban J connectivity index is 1.74. The number of likely N-dealkylation sites (N-methyl/N-ethyl adjacent to an activating group) is 2. The summed E-state index contributed by atoms with van der Waals surface area (Å²) in [6.07, 6.45) is 1.67. The third kappa shape index (κ3) is 9.76. The van der Waals surface area contributed by atoms with Gasteiger partial charge in [0.1, 0.15) is 11.6 Å². The lowest BCUT2D eigenvalue weighted by atomic mass is 10.0. The average molecular weight is 579 g/mol. The van der Waals surface area contributed by atoms with Crippen LogP contribution in [0.1, 0.15) is 56.3 Å². The molecule has 42 heavy (non-hydrogen) atoms. The van der Waals surface area contributed by atoms with Crippen LogP contribution in [0, 0.1) is 18.6 Å². The van der Waals surface area contributed by atoms with Crippen molar-refractivity contribution >= 4 is 17.7 Å². The molecule has 9 heteroatoms. The third-order valence-electron chi connectivity index (χ3n) is 6.94. The molecule has 3 aromatic rings. The second kappa shape index (κ2) is 15.2. The molecule has 2 N–H and O–H groups in total. The van der Waals surface area contributed by atoms with Gasteiger partial charge in [-0.1, -0.05) is 31.2 Å². The zero-order valence-electron chi connectivity index (χ0n) is 25.0. The van der Waals surface area contributed by atoms with Crippen LogP contribution in [-0.4, -0.2) is 67.8 Å². The summed E-state index contributed by atoms with van der Waals surface area (Å²) in [5.74, 6) is -2.37. The van der Waals surface area contributed by atoms with Gasteiger partial charge in [0.05, 0.1) is 6.54 Å². The highest BCUT2D eigenvalue weighted by atomic mass is 19.1. The molecule has 3 aromatic carbocycles. The predicted octanol–water partition coefficient (Wildman–Crippen LogP) is 4.52. The van der Waals surface area contributed by atoms with Crippen LogP contribution >= 0.6 is 0 Å². The van der Waals surface area contributed by atoms with Gasteiger partial charge in [0.2, 0.25) is 5.91 Å². The summed E-state index contributed by atoms with van der Waals surface area (Å²) >= 11 is 0. The van der Waals surface area contributed by atoms with Gasteiger partial charge >= 0.3 is 0 Å². The Morgan fingerprint density at radius 3 is 2.19 bits per heavy atom. The fourth-order valence-electron chi connectivity index (χ4n) is 4.65. The van der Waals surface area contributed by atoms with Gasteiger partial charge in [-0.15, -0.1) is 0 Å². The molecule has 0 aliphatic rings. The van der Waals surface area contributed by atoms with Crippen LogP contribution in [0.25, 0.3) is 0 Å². The maximum Gasteiger partial charge on any atom is 0.254 e. The van der Waals surface area contributed by atoms with Gasteiger partial charge in [0.25, 0.3) is 11.8 Å². The van der Waals surface area contributed by atoms with E-state index in [0.717, 1.165) is 18.1 Å². The first-order valence-electron chi connectivity index (χ1n) is 14.1. The normalized spacial score (nSPS) is 11.6. The Bertz CT molecular complexity index is 1390. The molecule has 1 atom stereocenters. The maximum absolute atomic E-state index is 13.9. The van der Waals surface area contributed by atoms with Gasteiger partial charge in [0, 0.05) is 50.9 Å². The number of carbonyl (C=O) groups excluding carboxylic acids is 3. The molecule has 3 amide bonds. The summed E-state index contributed by atoms with van der Waals surface area (Å²) in [5.41, 5.74) is 4.11. The minimum atomic E-state index is -0.678. The molecule has 0 heterocycles. The van der Waals surface area contributed by atoms with E-state index < -0.39 is 23.6 Å². The minimum absolute atomic E-state index is 0.0939. The first-order valence-corrected chi connectivity index (χ1v) is 14.1. The number of nitrogens with one attached hydrogen (secondary N) is 2. The van der Waals surface area contributed by atoms with Crippen LogP contribution < -0.4 is 10.6 Å². The highest BCUT2D eigenvalue weighted by Crippen LogP contribution is 2.15. The zero-order chi connectivity index (χ0) is 30.8. The van der Waals surface area contributed by atoms with Gasteiger partial charge in [0.15, 0.2) is 0 Å². The zero-order valence-corrected chi connectivity index (χ0v) is 25.0. The first kappa shape index (κ1) is 32.4. The number of hydrogen-bond donors (Lipinski definition) is 2. The minimum Gasteiger partial charge on any atom is -0.349 e. The molecule has 0 saturated heterocycles. The van der Waals surface area contributed by atoms with Gasteiger partial charge in [-0.05, 0) is 85.3 Å². The largest absolute Gasteiger partial charge is 0.349 e.